The van der Waals surface area contributed by atoms with Crippen LogP contribution in [0.2, 0.25) is 0 Å². The molecule has 1 fully saturated rings. The maximum Gasteiger partial charge on any atom is 0.0620 e. The average Bonchev–Trinajstić information content (AvgIpc) is 2.49. The largest absolute Gasteiger partial charge is 0.379 e. The summed E-state index contributed by atoms with van der Waals surface area (Å²) in [4.78, 5) is 2.50. The van der Waals surface area contributed by atoms with Crippen molar-refractivity contribution in [2.45, 2.75) is 32.2 Å². The van der Waals surface area contributed by atoms with Crippen LogP contribution in [-0.4, -0.2) is 38.9 Å². The predicted molar refractivity (Wildman–Crippen MR) is 80.8 cm³/mol. The normalized spacial score (nSPS) is 19.3. The van der Waals surface area contributed by atoms with Crippen molar-refractivity contribution in [1.29, 1.82) is 0 Å². The van der Waals surface area contributed by atoms with Gasteiger partial charge >= 0.3 is 0 Å². The van der Waals surface area contributed by atoms with Gasteiger partial charge in [-0.05, 0) is 25.0 Å². The smallest absolute Gasteiger partial charge is 0.0620 e. The highest BCUT2D eigenvalue weighted by Gasteiger charge is 2.14. The molecular formula is C16H26N2O. The van der Waals surface area contributed by atoms with Gasteiger partial charge in [0.25, 0.3) is 0 Å². The van der Waals surface area contributed by atoms with Crippen molar-refractivity contribution < 1.29 is 4.74 Å². The van der Waals surface area contributed by atoms with Crippen LogP contribution in [0.5, 0.6) is 0 Å². The number of rotatable bonds is 7. The summed E-state index contributed by atoms with van der Waals surface area (Å²) in [6.07, 6.45) is 3.65. The molecule has 106 valence electrons. The van der Waals surface area contributed by atoms with Gasteiger partial charge in [-0.3, -0.25) is 0 Å². The van der Waals surface area contributed by atoms with Crippen LogP contribution >= 0.6 is 0 Å². The highest BCUT2D eigenvalue weighted by molar-refractivity contribution is 5.45. The first-order valence-corrected chi connectivity index (χ1v) is 7.51. The Balaban J connectivity index is 1.86. The lowest BCUT2D eigenvalue weighted by molar-refractivity contribution is 0.0748. The Hall–Kier alpha value is -1.06. The quantitative estimate of drug-likeness (QED) is 0.817. The number of para-hydroxylation sites is 1. The maximum atomic E-state index is 5.52. The van der Waals surface area contributed by atoms with Crippen LogP contribution < -0.4 is 10.2 Å². The van der Waals surface area contributed by atoms with E-state index in [4.69, 9.17) is 4.74 Å². The fraction of sp³-hybridized carbons (Fsp3) is 0.625. The molecule has 19 heavy (non-hydrogen) atoms. The number of hydrogen-bond donors (Lipinski definition) is 1. The zero-order valence-electron chi connectivity index (χ0n) is 12.0. The third-order valence-electron chi connectivity index (χ3n) is 3.65. The number of ether oxygens (including phenoxy) is 1. The molecule has 1 saturated heterocycles. The second-order valence-electron chi connectivity index (χ2n) is 5.19. The first-order valence-electron chi connectivity index (χ1n) is 7.51. The summed E-state index contributed by atoms with van der Waals surface area (Å²) < 4.78 is 5.52. The Labute approximate surface area is 116 Å². The van der Waals surface area contributed by atoms with Gasteiger partial charge in [0.2, 0.25) is 0 Å². The average molecular weight is 262 g/mol. The maximum absolute atomic E-state index is 5.52. The minimum atomic E-state index is 0.515. The molecule has 1 heterocycles. The van der Waals surface area contributed by atoms with Crippen LogP contribution in [0.4, 0.5) is 5.69 Å². The van der Waals surface area contributed by atoms with Gasteiger partial charge in [0, 0.05) is 31.4 Å². The number of anilines is 1. The summed E-state index contributed by atoms with van der Waals surface area (Å²) in [5.41, 5.74) is 1.34. The molecule has 3 heteroatoms. The molecule has 1 unspecified atom stereocenters. The number of hydrogen-bond acceptors (Lipinski definition) is 3. The fourth-order valence-corrected chi connectivity index (χ4v) is 2.47. The second kappa shape index (κ2) is 8.18. The zero-order chi connectivity index (χ0) is 13.3. The van der Waals surface area contributed by atoms with Gasteiger partial charge in [-0.15, -0.1) is 0 Å². The van der Waals surface area contributed by atoms with Crippen molar-refractivity contribution >= 4 is 5.69 Å². The van der Waals surface area contributed by atoms with Gasteiger partial charge in [0.15, 0.2) is 0 Å². The Morgan fingerprint density at radius 1 is 1.26 bits per heavy atom. The van der Waals surface area contributed by atoms with E-state index in [0.29, 0.717) is 6.04 Å². The molecule has 1 atom stereocenters. The van der Waals surface area contributed by atoms with Crippen molar-refractivity contribution in [2.24, 2.45) is 0 Å². The molecule has 2 rings (SSSR count). The Morgan fingerprint density at radius 2 is 2.11 bits per heavy atom. The first-order chi connectivity index (χ1) is 9.40. The number of benzene rings is 1. The summed E-state index contributed by atoms with van der Waals surface area (Å²) in [7, 11) is 0. The lowest BCUT2D eigenvalue weighted by Crippen LogP contribution is -2.43. The molecule has 0 amide bonds. The van der Waals surface area contributed by atoms with Gasteiger partial charge in [0.1, 0.15) is 0 Å². The number of nitrogens with one attached hydrogen (secondary N) is 1. The van der Waals surface area contributed by atoms with Crippen LogP contribution in [-0.2, 0) is 4.74 Å². The van der Waals surface area contributed by atoms with E-state index in [1.165, 1.54) is 18.5 Å². The Bertz CT molecular complexity index is 336. The van der Waals surface area contributed by atoms with E-state index < -0.39 is 0 Å². The number of unbranched alkanes of at least 4 members (excludes halogenated alkanes) is 1. The topological polar surface area (TPSA) is 24.5 Å². The molecule has 3 nitrogen and oxygen atoms in total. The van der Waals surface area contributed by atoms with E-state index in [-0.39, 0.29) is 0 Å². The van der Waals surface area contributed by atoms with E-state index in [2.05, 4.69) is 47.5 Å². The van der Waals surface area contributed by atoms with Crippen molar-refractivity contribution in [3.05, 3.63) is 30.3 Å². The molecule has 0 aliphatic carbocycles. The van der Waals surface area contributed by atoms with Gasteiger partial charge < -0.3 is 15.0 Å². The minimum absolute atomic E-state index is 0.515. The second-order valence-corrected chi connectivity index (χ2v) is 5.19. The van der Waals surface area contributed by atoms with Gasteiger partial charge in [-0.1, -0.05) is 31.5 Å². The summed E-state index contributed by atoms with van der Waals surface area (Å²) in [6.45, 7) is 7.20. The molecule has 1 N–H and O–H groups in total. The molecule has 0 spiro atoms. The number of nitrogens with zero attached hydrogens (tertiary/aromatic N) is 1. The van der Waals surface area contributed by atoms with Gasteiger partial charge in [-0.2, -0.15) is 0 Å². The highest BCUT2D eigenvalue weighted by atomic mass is 16.5. The van der Waals surface area contributed by atoms with Gasteiger partial charge in [-0.25, -0.2) is 0 Å². The SMILES string of the molecule is CCCCN(CCC1COCCN1)c1ccccc1. The van der Waals surface area contributed by atoms with Crippen molar-refractivity contribution in [3.8, 4) is 0 Å². The third-order valence-corrected chi connectivity index (χ3v) is 3.65. The van der Waals surface area contributed by atoms with Crippen LogP contribution in [0, 0.1) is 0 Å². The van der Waals surface area contributed by atoms with Gasteiger partial charge in [0.05, 0.1) is 13.2 Å². The van der Waals surface area contributed by atoms with Crippen molar-refractivity contribution in [2.75, 3.05) is 37.7 Å². The predicted octanol–water partition coefficient (Wildman–Crippen LogP) is 2.67. The van der Waals surface area contributed by atoms with Crippen molar-refractivity contribution in [1.82, 2.24) is 5.32 Å². The molecular weight excluding hydrogens is 236 g/mol. The van der Waals surface area contributed by atoms with E-state index in [1.807, 2.05) is 0 Å². The zero-order valence-corrected chi connectivity index (χ0v) is 12.0. The summed E-state index contributed by atoms with van der Waals surface area (Å²) in [5.74, 6) is 0. The van der Waals surface area contributed by atoms with Crippen LogP contribution in [0.1, 0.15) is 26.2 Å². The van der Waals surface area contributed by atoms with Crippen LogP contribution in [0.25, 0.3) is 0 Å². The van der Waals surface area contributed by atoms with E-state index in [9.17, 15) is 0 Å². The lowest BCUT2D eigenvalue weighted by atomic mass is 10.1. The molecule has 0 aromatic heterocycles. The standard InChI is InChI=1S/C16H26N2O/c1-2-3-11-18(16-7-5-4-6-8-16)12-9-15-14-19-13-10-17-15/h4-8,15,17H,2-3,9-14H2,1H3. The first kappa shape index (κ1) is 14.4. The van der Waals surface area contributed by atoms with Crippen molar-refractivity contribution in [3.63, 3.8) is 0 Å². The minimum Gasteiger partial charge on any atom is -0.379 e. The monoisotopic (exact) mass is 262 g/mol. The summed E-state index contributed by atoms with van der Waals surface area (Å²) >= 11 is 0. The Kier molecular flexibility index (Phi) is 6.18. The van der Waals surface area contributed by atoms with E-state index in [0.717, 1.165) is 39.3 Å². The number of morpholine rings is 1. The summed E-state index contributed by atoms with van der Waals surface area (Å²) in [6, 6.07) is 11.3. The van der Waals surface area contributed by atoms with Crippen LogP contribution in [0.3, 0.4) is 0 Å². The molecule has 0 bridgehead atoms. The molecule has 1 aromatic carbocycles. The molecule has 0 saturated carbocycles. The molecule has 1 aromatic rings. The van der Waals surface area contributed by atoms with E-state index >= 15 is 0 Å². The molecule has 1 aliphatic rings. The molecule has 1 aliphatic heterocycles. The van der Waals surface area contributed by atoms with E-state index in [1.54, 1.807) is 0 Å². The summed E-state index contributed by atoms with van der Waals surface area (Å²) in [5, 5.41) is 3.53. The van der Waals surface area contributed by atoms with Crippen LogP contribution in [0.15, 0.2) is 30.3 Å². The fourth-order valence-electron chi connectivity index (χ4n) is 2.47. The highest BCUT2D eigenvalue weighted by Crippen LogP contribution is 2.15. The third kappa shape index (κ3) is 4.84. The Morgan fingerprint density at radius 3 is 2.79 bits per heavy atom. The lowest BCUT2D eigenvalue weighted by Gasteiger charge is -2.29. The molecule has 0 radical (unpaired) electrons.